The number of nitrogens with zero attached hydrogens (tertiary/aromatic N) is 1. The van der Waals surface area contributed by atoms with Crippen molar-refractivity contribution in [2.45, 2.75) is 70.6 Å². The van der Waals surface area contributed by atoms with Gasteiger partial charge in [-0.2, -0.15) is 0 Å². The molecule has 9 N–H and O–H groups in total. The topological polar surface area (TPSA) is 227 Å². The van der Waals surface area contributed by atoms with Gasteiger partial charge >= 0.3 is 12.1 Å². The predicted octanol–water partition coefficient (Wildman–Crippen LogP) is 1.04. The van der Waals surface area contributed by atoms with Gasteiger partial charge in [0.25, 0.3) is 0 Å². The second kappa shape index (κ2) is 18.5. The van der Waals surface area contributed by atoms with Gasteiger partial charge in [-0.25, -0.2) is 9.59 Å². The van der Waals surface area contributed by atoms with Crippen molar-refractivity contribution < 1.29 is 33.8 Å². The molecule has 0 unspecified atom stereocenters. The van der Waals surface area contributed by atoms with Crippen LogP contribution in [0.15, 0.2) is 65.7 Å². The van der Waals surface area contributed by atoms with Crippen LogP contribution in [0, 0.1) is 5.92 Å². The number of para-hydroxylation sites is 1. The van der Waals surface area contributed by atoms with E-state index in [0.29, 0.717) is 6.42 Å². The van der Waals surface area contributed by atoms with Crippen LogP contribution in [0.2, 0.25) is 0 Å². The maximum absolute atomic E-state index is 13.6. The molecule has 0 heterocycles. The zero-order chi connectivity index (χ0) is 33.4. The summed E-state index contributed by atoms with van der Waals surface area (Å²) in [6.07, 6.45) is -0.212. The lowest BCUT2D eigenvalue weighted by atomic mass is 10.00. The van der Waals surface area contributed by atoms with Crippen LogP contribution in [0.25, 0.3) is 0 Å². The van der Waals surface area contributed by atoms with E-state index in [2.05, 4.69) is 26.3 Å². The Morgan fingerprint density at radius 1 is 0.778 bits per heavy atom. The molecule has 14 nitrogen and oxygen atoms in total. The Labute approximate surface area is 262 Å². The molecule has 2 rings (SSSR count). The molecule has 0 aromatic heterocycles. The molecule has 2 aromatic rings. The molecule has 0 saturated heterocycles. The van der Waals surface area contributed by atoms with Gasteiger partial charge in [0.05, 0.1) is 0 Å². The molecule has 0 saturated carbocycles. The molecule has 0 spiro atoms. The maximum Gasteiger partial charge on any atom is 0.413 e. The van der Waals surface area contributed by atoms with Gasteiger partial charge < -0.3 is 42.6 Å². The summed E-state index contributed by atoms with van der Waals surface area (Å²) in [5.74, 6) is -3.14. The molecular weight excluding hydrogens is 582 g/mol. The molecule has 0 radical (unpaired) electrons. The van der Waals surface area contributed by atoms with Crippen molar-refractivity contribution in [1.29, 1.82) is 0 Å². The van der Waals surface area contributed by atoms with Crippen molar-refractivity contribution in [3.05, 3.63) is 66.2 Å². The number of aliphatic imine (C=N–C) groups is 1. The number of hydrogen-bond donors (Lipinski definition) is 7. The van der Waals surface area contributed by atoms with Crippen molar-refractivity contribution in [2.24, 2.45) is 22.4 Å². The minimum Gasteiger partial charge on any atom is -0.480 e. The molecule has 4 atom stereocenters. The van der Waals surface area contributed by atoms with Crippen molar-refractivity contribution in [2.75, 3.05) is 6.54 Å². The number of rotatable bonds is 17. The van der Waals surface area contributed by atoms with Crippen LogP contribution < -0.4 is 37.5 Å². The highest BCUT2D eigenvalue weighted by molar-refractivity contribution is 5.94. The van der Waals surface area contributed by atoms with Gasteiger partial charge in [0.1, 0.15) is 29.9 Å². The predicted molar refractivity (Wildman–Crippen MR) is 168 cm³/mol. The normalized spacial score (nSPS) is 13.3. The Hall–Kier alpha value is -5.14. The molecule has 0 bridgehead atoms. The number of carbonyl (C=O) groups is 5. The van der Waals surface area contributed by atoms with E-state index in [1.165, 1.54) is 6.92 Å². The first-order valence-electron chi connectivity index (χ1n) is 14.6. The van der Waals surface area contributed by atoms with Crippen LogP contribution in [-0.4, -0.2) is 71.6 Å². The van der Waals surface area contributed by atoms with Gasteiger partial charge in [-0.3, -0.25) is 19.4 Å². The molecule has 2 aromatic carbocycles. The first-order chi connectivity index (χ1) is 21.3. The number of carboxylic acids is 1. The first-order valence-corrected chi connectivity index (χ1v) is 14.6. The summed E-state index contributed by atoms with van der Waals surface area (Å²) < 4.78 is 5.18. The number of hydrogen-bond acceptors (Lipinski definition) is 7. The number of benzene rings is 2. The number of amides is 4. The molecule has 0 aliphatic heterocycles. The van der Waals surface area contributed by atoms with E-state index in [9.17, 15) is 29.1 Å². The molecule has 0 aliphatic rings. The number of nitrogens with two attached hydrogens (primary N) is 2. The molecule has 0 fully saturated rings. The van der Waals surface area contributed by atoms with Gasteiger partial charge in [-0.15, -0.1) is 0 Å². The van der Waals surface area contributed by atoms with E-state index in [-0.39, 0.29) is 43.4 Å². The van der Waals surface area contributed by atoms with Crippen molar-refractivity contribution in [1.82, 2.24) is 21.3 Å². The fraction of sp³-hybridized carbons (Fsp3) is 0.419. The molecule has 0 aliphatic carbocycles. The Kier molecular flexibility index (Phi) is 14.8. The van der Waals surface area contributed by atoms with Crippen LogP contribution in [0.4, 0.5) is 4.79 Å². The summed E-state index contributed by atoms with van der Waals surface area (Å²) in [4.78, 5) is 67.9. The number of guanidine groups is 1. The summed E-state index contributed by atoms with van der Waals surface area (Å²) in [6.45, 7) is 5.32. The Morgan fingerprint density at radius 3 is 1.91 bits per heavy atom. The quantitative estimate of drug-likeness (QED) is 0.0756. The summed E-state index contributed by atoms with van der Waals surface area (Å²) in [6, 6.07) is 12.7. The Bertz CT molecular complexity index is 1300. The minimum absolute atomic E-state index is 0.0480. The Morgan fingerprint density at radius 2 is 1.33 bits per heavy atom. The third-order valence-electron chi connectivity index (χ3n) is 6.50. The third-order valence-corrected chi connectivity index (χ3v) is 6.50. The van der Waals surface area contributed by atoms with Crippen LogP contribution >= 0.6 is 0 Å². The standard InChI is InChI=1S/C31H43N7O7/c1-19(2)17-24(27(40)36-23(29(42)43)15-10-16-34-30(32)33)38-28(41)25(18-21-11-6-4-7-12-21)37-26(39)20(3)35-31(44)45-22-13-8-5-9-14-22/h4-9,11-14,19-20,23-25H,10,15-18H2,1-3H3,(H,35,44)(H,36,40)(H,37,39)(H,38,41)(H,42,43)(H4,32,33,34)/t20-,23+,24-,25-/m1/s1. The van der Waals surface area contributed by atoms with Crippen molar-refractivity contribution in [3.63, 3.8) is 0 Å². The zero-order valence-electron chi connectivity index (χ0n) is 25.7. The van der Waals surface area contributed by atoms with Crippen LogP contribution in [0.3, 0.4) is 0 Å². The van der Waals surface area contributed by atoms with E-state index in [4.69, 9.17) is 16.2 Å². The first kappa shape index (κ1) is 36.1. The van der Waals surface area contributed by atoms with Crippen LogP contribution in [-0.2, 0) is 25.6 Å². The number of ether oxygens (including phenoxy) is 1. The fourth-order valence-corrected chi connectivity index (χ4v) is 4.23. The van der Waals surface area contributed by atoms with E-state index < -0.39 is 54.0 Å². The molecule has 14 heteroatoms. The summed E-state index contributed by atoms with van der Waals surface area (Å²) in [5.41, 5.74) is 11.3. The SMILES string of the molecule is CC(C)C[C@@H](NC(=O)[C@@H](Cc1ccccc1)NC(=O)[C@@H](C)NC(=O)Oc1ccccc1)C(=O)N[C@@H](CCCN=C(N)N)C(=O)O. The molecular formula is C31H43N7O7. The maximum atomic E-state index is 13.6. The van der Waals surface area contributed by atoms with Gasteiger partial charge in [0.15, 0.2) is 5.96 Å². The van der Waals surface area contributed by atoms with E-state index >= 15 is 0 Å². The lowest BCUT2D eigenvalue weighted by Crippen LogP contribution is -2.58. The highest BCUT2D eigenvalue weighted by atomic mass is 16.6. The third kappa shape index (κ3) is 13.8. The second-order valence-electron chi connectivity index (χ2n) is 10.9. The zero-order valence-corrected chi connectivity index (χ0v) is 25.7. The van der Waals surface area contributed by atoms with Crippen LogP contribution in [0.5, 0.6) is 5.75 Å². The highest BCUT2D eigenvalue weighted by Gasteiger charge is 2.31. The summed E-state index contributed by atoms with van der Waals surface area (Å²) in [5, 5.41) is 19.9. The van der Waals surface area contributed by atoms with Gasteiger partial charge in [-0.1, -0.05) is 62.4 Å². The molecule has 45 heavy (non-hydrogen) atoms. The monoisotopic (exact) mass is 625 g/mol. The van der Waals surface area contributed by atoms with E-state index in [1.807, 2.05) is 13.8 Å². The lowest BCUT2D eigenvalue weighted by Gasteiger charge is -2.26. The van der Waals surface area contributed by atoms with Crippen LogP contribution in [0.1, 0.15) is 45.6 Å². The largest absolute Gasteiger partial charge is 0.480 e. The number of aliphatic carboxylic acids is 1. The highest BCUT2D eigenvalue weighted by Crippen LogP contribution is 2.11. The lowest BCUT2D eigenvalue weighted by molar-refractivity contribution is -0.142. The van der Waals surface area contributed by atoms with Crippen molar-refractivity contribution >= 4 is 35.7 Å². The second-order valence-corrected chi connectivity index (χ2v) is 10.9. The fourth-order valence-electron chi connectivity index (χ4n) is 4.23. The van der Waals surface area contributed by atoms with E-state index in [1.54, 1.807) is 60.7 Å². The Balaban J connectivity index is 2.15. The molecule has 4 amide bonds. The number of carboxylic acid groups (broad SMARTS) is 1. The minimum atomic E-state index is -1.25. The van der Waals surface area contributed by atoms with E-state index in [0.717, 1.165) is 5.56 Å². The average molecular weight is 626 g/mol. The van der Waals surface area contributed by atoms with Gasteiger partial charge in [-0.05, 0) is 49.8 Å². The number of nitrogens with one attached hydrogen (secondary N) is 4. The van der Waals surface area contributed by atoms with Gasteiger partial charge in [0, 0.05) is 13.0 Å². The summed E-state index contributed by atoms with van der Waals surface area (Å²) >= 11 is 0. The average Bonchev–Trinajstić information content (AvgIpc) is 2.98. The van der Waals surface area contributed by atoms with Gasteiger partial charge in [0.2, 0.25) is 17.7 Å². The number of carbonyl (C=O) groups excluding carboxylic acids is 4. The smallest absolute Gasteiger partial charge is 0.413 e. The van der Waals surface area contributed by atoms with Crippen molar-refractivity contribution in [3.8, 4) is 5.75 Å². The molecule has 244 valence electrons. The summed E-state index contributed by atoms with van der Waals surface area (Å²) in [7, 11) is 0.